The Balaban J connectivity index is 2.07. The molecule has 98 valence electrons. The van der Waals surface area contributed by atoms with Crippen molar-refractivity contribution in [3.8, 4) is 5.88 Å². The highest BCUT2D eigenvalue weighted by Crippen LogP contribution is 2.15. The van der Waals surface area contributed by atoms with Crippen LogP contribution in [-0.2, 0) is 4.79 Å². The third kappa shape index (κ3) is 3.32. The van der Waals surface area contributed by atoms with Gasteiger partial charge < -0.3 is 15.4 Å². The van der Waals surface area contributed by atoms with Gasteiger partial charge in [-0.3, -0.25) is 4.79 Å². The molecular formula is C12H18N4O2. The fraction of sp³-hybridized carbons (Fsp3) is 0.583. The summed E-state index contributed by atoms with van der Waals surface area (Å²) in [5, 5.41) is 5.90. The number of hydrogen-bond donors (Lipinski definition) is 2. The van der Waals surface area contributed by atoms with Crippen LogP contribution in [0.25, 0.3) is 0 Å². The molecule has 0 aliphatic carbocycles. The summed E-state index contributed by atoms with van der Waals surface area (Å²) in [6, 6.07) is 1.84. The number of anilines is 1. The maximum Gasteiger partial charge on any atom is 0.226 e. The van der Waals surface area contributed by atoms with Crippen LogP contribution in [0.15, 0.2) is 6.07 Å². The van der Waals surface area contributed by atoms with Gasteiger partial charge in [-0.2, -0.15) is 4.98 Å². The van der Waals surface area contributed by atoms with E-state index in [0.29, 0.717) is 24.8 Å². The van der Waals surface area contributed by atoms with E-state index in [1.54, 1.807) is 6.07 Å². The molecule has 1 saturated heterocycles. The summed E-state index contributed by atoms with van der Waals surface area (Å²) in [6.07, 6.45) is 0.527. The highest BCUT2D eigenvalue weighted by Gasteiger charge is 2.22. The Morgan fingerprint density at radius 1 is 1.50 bits per heavy atom. The van der Waals surface area contributed by atoms with Crippen LogP contribution >= 0.6 is 0 Å². The second-order valence-electron chi connectivity index (χ2n) is 4.69. The van der Waals surface area contributed by atoms with Crippen molar-refractivity contribution in [2.24, 2.45) is 0 Å². The second-order valence-corrected chi connectivity index (χ2v) is 4.69. The molecule has 0 spiro atoms. The Bertz CT molecular complexity index is 448. The maximum absolute atomic E-state index is 11.1. The largest absolute Gasteiger partial charge is 0.475 e. The summed E-state index contributed by atoms with van der Waals surface area (Å²) in [5.41, 5.74) is 0.834. The lowest BCUT2D eigenvalue weighted by Gasteiger charge is -2.13. The van der Waals surface area contributed by atoms with Gasteiger partial charge in [-0.15, -0.1) is 0 Å². The first-order valence-corrected chi connectivity index (χ1v) is 6.08. The molecule has 2 rings (SSSR count). The first-order chi connectivity index (χ1) is 8.52. The molecule has 1 unspecified atom stereocenters. The van der Waals surface area contributed by atoms with Gasteiger partial charge in [0, 0.05) is 24.7 Å². The van der Waals surface area contributed by atoms with Crippen LogP contribution in [-0.4, -0.2) is 34.6 Å². The molecule has 2 heterocycles. The van der Waals surface area contributed by atoms with Crippen LogP contribution in [0.1, 0.15) is 26.0 Å². The summed E-state index contributed by atoms with van der Waals surface area (Å²) in [6.45, 7) is 6.39. The van der Waals surface area contributed by atoms with Crippen LogP contribution in [0.5, 0.6) is 5.88 Å². The molecule has 1 fully saturated rings. The van der Waals surface area contributed by atoms with E-state index in [9.17, 15) is 4.79 Å². The molecule has 0 bridgehead atoms. The minimum absolute atomic E-state index is 0.0474. The van der Waals surface area contributed by atoms with Crippen LogP contribution in [0, 0.1) is 6.92 Å². The minimum atomic E-state index is 0.0474. The van der Waals surface area contributed by atoms with Crippen LogP contribution in [0.4, 0.5) is 5.95 Å². The van der Waals surface area contributed by atoms with Crippen molar-refractivity contribution >= 4 is 11.9 Å². The third-order valence-electron chi connectivity index (χ3n) is 2.50. The molecule has 0 aromatic carbocycles. The number of amides is 1. The van der Waals surface area contributed by atoms with E-state index < -0.39 is 0 Å². The highest BCUT2D eigenvalue weighted by molar-refractivity contribution is 5.79. The van der Waals surface area contributed by atoms with Gasteiger partial charge in [0.15, 0.2) is 0 Å². The highest BCUT2D eigenvalue weighted by atomic mass is 16.5. The second kappa shape index (κ2) is 5.20. The van der Waals surface area contributed by atoms with Gasteiger partial charge in [0.05, 0.1) is 12.1 Å². The molecule has 0 radical (unpaired) electrons. The van der Waals surface area contributed by atoms with Gasteiger partial charge in [-0.05, 0) is 20.8 Å². The van der Waals surface area contributed by atoms with E-state index >= 15 is 0 Å². The Hall–Kier alpha value is -1.85. The molecule has 1 aliphatic rings. The monoisotopic (exact) mass is 250 g/mol. The topological polar surface area (TPSA) is 76.1 Å². The van der Waals surface area contributed by atoms with Gasteiger partial charge in [-0.25, -0.2) is 4.98 Å². The van der Waals surface area contributed by atoms with E-state index in [-0.39, 0.29) is 18.1 Å². The Kier molecular flexibility index (Phi) is 3.64. The predicted molar refractivity (Wildman–Crippen MR) is 67.6 cm³/mol. The number of nitrogens with one attached hydrogen (secondary N) is 2. The molecule has 18 heavy (non-hydrogen) atoms. The zero-order valence-electron chi connectivity index (χ0n) is 10.9. The van der Waals surface area contributed by atoms with Crippen molar-refractivity contribution in [3.05, 3.63) is 11.8 Å². The van der Waals surface area contributed by atoms with Crippen molar-refractivity contribution < 1.29 is 9.53 Å². The maximum atomic E-state index is 11.1. The summed E-state index contributed by atoms with van der Waals surface area (Å²) in [7, 11) is 0. The minimum Gasteiger partial charge on any atom is -0.475 e. The summed E-state index contributed by atoms with van der Waals surface area (Å²) < 4.78 is 5.55. The molecule has 6 nitrogen and oxygen atoms in total. The molecular weight excluding hydrogens is 232 g/mol. The van der Waals surface area contributed by atoms with Gasteiger partial charge in [-0.1, -0.05) is 0 Å². The fourth-order valence-corrected chi connectivity index (χ4v) is 1.80. The SMILES string of the molecule is Cc1cc(OC(C)C)nc(NC2CNC(=O)C2)n1. The molecule has 1 aromatic heterocycles. The van der Waals surface area contributed by atoms with Crippen molar-refractivity contribution in [1.29, 1.82) is 0 Å². The van der Waals surface area contributed by atoms with Gasteiger partial charge in [0.25, 0.3) is 0 Å². The number of carbonyl (C=O) groups excluding carboxylic acids is 1. The zero-order chi connectivity index (χ0) is 13.1. The van der Waals surface area contributed by atoms with Crippen molar-refractivity contribution in [2.75, 3.05) is 11.9 Å². The molecule has 1 atom stereocenters. The summed E-state index contributed by atoms with van der Waals surface area (Å²) in [4.78, 5) is 19.7. The standard InChI is InChI=1S/C12H18N4O2/c1-7(2)18-11-4-8(3)14-12(16-11)15-9-5-10(17)13-6-9/h4,7,9H,5-6H2,1-3H3,(H,13,17)(H,14,15,16). The van der Waals surface area contributed by atoms with Crippen LogP contribution in [0.2, 0.25) is 0 Å². The molecule has 1 amide bonds. The lowest BCUT2D eigenvalue weighted by molar-refractivity contribution is -0.119. The number of rotatable bonds is 4. The number of hydrogen-bond acceptors (Lipinski definition) is 5. The normalized spacial score (nSPS) is 18.9. The summed E-state index contributed by atoms with van der Waals surface area (Å²) in [5.74, 6) is 1.11. The number of aryl methyl sites for hydroxylation is 1. The molecule has 1 aliphatic heterocycles. The number of nitrogens with zero attached hydrogens (tertiary/aromatic N) is 2. The van der Waals surface area contributed by atoms with Crippen molar-refractivity contribution in [2.45, 2.75) is 39.3 Å². The molecule has 2 N–H and O–H groups in total. The Morgan fingerprint density at radius 3 is 2.89 bits per heavy atom. The fourth-order valence-electron chi connectivity index (χ4n) is 1.80. The third-order valence-corrected chi connectivity index (χ3v) is 2.50. The van der Waals surface area contributed by atoms with E-state index in [1.165, 1.54) is 0 Å². The molecule has 1 aromatic rings. The quantitative estimate of drug-likeness (QED) is 0.829. The predicted octanol–water partition coefficient (Wildman–Crippen LogP) is 0.873. The van der Waals surface area contributed by atoms with E-state index in [0.717, 1.165) is 5.69 Å². The molecule has 0 saturated carbocycles. The number of aromatic nitrogens is 2. The van der Waals surface area contributed by atoms with Crippen LogP contribution in [0.3, 0.4) is 0 Å². The van der Waals surface area contributed by atoms with Gasteiger partial charge in [0.1, 0.15) is 0 Å². The van der Waals surface area contributed by atoms with Crippen LogP contribution < -0.4 is 15.4 Å². The lowest BCUT2D eigenvalue weighted by Crippen LogP contribution is -2.23. The van der Waals surface area contributed by atoms with E-state index in [4.69, 9.17) is 4.74 Å². The van der Waals surface area contributed by atoms with Gasteiger partial charge in [0.2, 0.25) is 17.7 Å². The van der Waals surface area contributed by atoms with E-state index in [1.807, 2.05) is 20.8 Å². The van der Waals surface area contributed by atoms with Gasteiger partial charge >= 0.3 is 0 Å². The van der Waals surface area contributed by atoms with E-state index in [2.05, 4.69) is 20.6 Å². The average molecular weight is 250 g/mol. The Morgan fingerprint density at radius 2 is 2.28 bits per heavy atom. The molecule has 6 heteroatoms. The first kappa shape index (κ1) is 12.6. The number of ether oxygens (including phenoxy) is 1. The van der Waals surface area contributed by atoms with Crippen molar-refractivity contribution in [3.63, 3.8) is 0 Å². The number of carbonyl (C=O) groups is 1. The summed E-state index contributed by atoms with van der Waals surface area (Å²) >= 11 is 0. The first-order valence-electron chi connectivity index (χ1n) is 6.08. The lowest BCUT2D eigenvalue weighted by atomic mass is 10.2. The smallest absolute Gasteiger partial charge is 0.226 e. The average Bonchev–Trinajstić information content (AvgIpc) is 2.61. The van der Waals surface area contributed by atoms with Crippen molar-refractivity contribution in [1.82, 2.24) is 15.3 Å². The Labute approximate surface area is 106 Å². The zero-order valence-corrected chi connectivity index (χ0v) is 10.9.